The van der Waals surface area contributed by atoms with Gasteiger partial charge in [-0.3, -0.25) is 0 Å². The van der Waals surface area contributed by atoms with E-state index in [1.165, 1.54) is 0 Å². The normalized spacial score (nSPS) is 11.5. The van der Waals surface area contributed by atoms with Gasteiger partial charge in [0.05, 0.1) is 0 Å². The maximum absolute atomic E-state index is 14.6. The molecule has 22 heavy (non-hydrogen) atoms. The van der Waals surface area contributed by atoms with Gasteiger partial charge < -0.3 is 0 Å². The zero-order chi connectivity index (χ0) is 16.4. The second-order valence-electron chi connectivity index (χ2n) is 6.74. The number of halogens is 2. The number of aryl methyl sites for hydroxylation is 1. The average molecular weight is 302 g/mol. The molecule has 118 valence electrons. The Morgan fingerprint density at radius 1 is 0.864 bits per heavy atom. The molecule has 0 aliphatic heterocycles. The lowest BCUT2D eigenvalue weighted by Crippen LogP contribution is -2.02. The van der Waals surface area contributed by atoms with Crippen molar-refractivity contribution in [1.82, 2.24) is 0 Å². The third kappa shape index (κ3) is 3.37. The molecule has 0 atom stereocenters. The standard InChI is InChI=1S/C20H24F2/c1-12(2)10-15-11-14(5)6-7-17(15)18-9-8-16(13(3)4)19(21)20(18)22/h6-9,11-13H,10H2,1-5H3. The highest BCUT2D eigenvalue weighted by Gasteiger charge is 2.18. The zero-order valence-electron chi connectivity index (χ0n) is 14.0. The van der Waals surface area contributed by atoms with Crippen LogP contribution in [0.15, 0.2) is 30.3 Å². The second-order valence-corrected chi connectivity index (χ2v) is 6.74. The van der Waals surface area contributed by atoms with Crippen LogP contribution in [0.25, 0.3) is 11.1 Å². The first-order valence-corrected chi connectivity index (χ1v) is 7.89. The smallest absolute Gasteiger partial charge is 0.166 e. The molecule has 0 amide bonds. The molecule has 0 radical (unpaired) electrons. The van der Waals surface area contributed by atoms with E-state index in [9.17, 15) is 8.78 Å². The summed E-state index contributed by atoms with van der Waals surface area (Å²) in [6.45, 7) is 10.0. The van der Waals surface area contributed by atoms with E-state index < -0.39 is 11.6 Å². The van der Waals surface area contributed by atoms with Crippen LogP contribution in [0.1, 0.15) is 50.3 Å². The van der Waals surface area contributed by atoms with E-state index >= 15 is 0 Å². The highest BCUT2D eigenvalue weighted by atomic mass is 19.2. The molecule has 0 bridgehead atoms. The first-order valence-electron chi connectivity index (χ1n) is 7.89. The van der Waals surface area contributed by atoms with E-state index in [1.807, 2.05) is 32.9 Å². The van der Waals surface area contributed by atoms with Crippen LogP contribution in [0.4, 0.5) is 8.78 Å². The molecule has 0 spiro atoms. The van der Waals surface area contributed by atoms with Crippen LogP contribution < -0.4 is 0 Å². The minimum atomic E-state index is -0.736. The highest BCUT2D eigenvalue weighted by molar-refractivity contribution is 5.69. The minimum absolute atomic E-state index is 0.0308. The second kappa shape index (κ2) is 6.60. The number of hydrogen-bond acceptors (Lipinski definition) is 0. The fourth-order valence-corrected chi connectivity index (χ4v) is 2.81. The Hall–Kier alpha value is -1.70. The summed E-state index contributed by atoms with van der Waals surface area (Å²) in [5, 5.41) is 0. The summed E-state index contributed by atoms with van der Waals surface area (Å²) >= 11 is 0. The van der Waals surface area contributed by atoms with Crippen LogP contribution in [0.3, 0.4) is 0 Å². The monoisotopic (exact) mass is 302 g/mol. The van der Waals surface area contributed by atoms with Crippen molar-refractivity contribution in [2.24, 2.45) is 5.92 Å². The highest BCUT2D eigenvalue weighted by Crippen LogP contribution is 2.32. The summed E-state index contributed by atoms with van der Waals surface area (Å²) in [6.07, 6.45) is 0.851. The van der Waals surface area contributed by atoms with E-state index in [4.69, 9.17) is 0 Å². The number of rotatable bonds is 4. The molecule has 0 aliphatic rings. The van der Waals surface area contributed by atoms with Crippen molar-refractivity contribution in [3.63, 3.8) is 0 Å². The molecule has 2 heteroatoms. The molecule has 0 fully saturated rings. The first-order chi connectivity index (χ1) is 10.3. The van der Waals surface area contributed by atoms with Gasteiger partial charge in [-0.2, -0.15) is 0 Å². The van der Waals surface area contributed by atoms with Crippen molar-refractivity contribution in [2.45, 2.75) is 47.0 Å². The van der Waals surface area contributed by atoms with Gasteiger partial charge in [0, 0.05) is 5.56 Å². The van der Waals surface area contributed by atoms with Gasteiger partial charge in [0.15, 0.2) is 11.6 Å². The maximum Gasteiger partial charge on any atom is 0.166 e. The van der Waals surface area contributed by atoms with Crippen LogP contribution in [-0.4, -0.2) is 0 Å². The summed E-state index contributed by atoms with van der Waals surface area (Å²) in [7, 11) is 0. The number of hydrogen-bond donors (Lipinski definition) is 0. The molecule has 0 nitrogen and oxygen atoms in total. The van der Waals surface area contributed by atoms with E-state index in [0.29, 0.717) is 17.0 Å². The van der Waals surface area contributed by atoms with Crippen LogP contribution in [0.5, 0.6) is 0 Å². The van der Waals surface area contributed by atoms with Gasteiger partial charge in [0.1, 0.15) is 0 Å². The van der Waals surface area contributed by atoms with E-state index in [2.05, 4.69) is 19.9 Å². The number of benzene rings is 2. The van der Waals surface area contributed by atoms with Crippen molar-refractivity contribution in [2.75, 3.05) is 0 Å². The van der Waals surface area contributed by atoms with Crippen molar-refractivity contribution in [3.8, 4) is 11.1 Å². The van der Waals surface area contributed by atoms with Gasteiger partial charge in [0.25, 0.3) is 0 Å². The Morgan fingerprint density at radius 3 is 2.09 bits per heavy atom. The van der Waals surface area contributed by atoms with Crippen LogP contribution in [0.2, 0.25) is 0 Å². The molecule has 0 unspecified atom stereocenters. The quantitative estimate of drug-likeness (QED) is 0.625. The molecule has 2 rings (SSSR count). The summed E-state index contributed by atoms with van der Waals surface area (Å²) in [4.78, 5) is 0. The molecule has 2 aromatic carbocycles. The van der Waals surface area contributed by atoms with Gasteiger partial charge in [-0.1, -0.05) is 63.6 Å². The van der Waals surface area contributed by atoms with E-state index in [1.54, 1.807) is 12.1 Å². The summed E-state index contributed by atoms with van der Waals surface area (Å²) in [5.41, 5.74) is 3.80. The third-order valence-corrected chi connectivity index (χ3v) is 3.91. The SMILES string of the molecule is Cc1ccc(-c2ccc(C(C)C)c(F)c2F)c(CC(C)C)c1. The molecule has 0 saturated carbocycles. The Labute approximate surface area is 132 Å². The van der Waals surface area contributed by atoms with Gasteiger partial charge in [-0.25, -0.2) is 8.78 Å². The molecular formula is C20H24F2. The van der Waals surface area contributed by atoms with Gasteiger partial charge in [0.2, 0.25) is 0 Å². The average Bonchev–Trinajstić information content (AvgIpc) is 2.41. The van der Waals surface area contributed by atoms with Crippen LogP contribution in [-0.2, 0) is 6.42 Å². The summed E-state index contributed by atoms with van der Waals surface area (Å²) < 4.78 is 28.8. The fourth-order valence-electron chi connectivity index (χ4n) is 2.81. The van der Waals surface area contributed by atoms with Crippen molar-refractivity contribution in [1.29, 1.82) is 0 Å². The zero-order valence-corrected chi connectivity index (χ0v) is 14.0. The van der Waals surface area contributed by atoms with Crippen molar-refractivity contribution >= 4 is 0 Å². The molecule has 0 heterocycles. The van der Waals surface area contributed by atoms with Crippen molar-refractivity contribution in [3.05, 3.63) is 58.7 Å². The molecule has 2 aromatic rings. The van der Waals surface area contributed by atoms with E-state index in [0.717, 1.165) is 23.1 Å². The minimum Gasteiger partial charge on any atom is -0.203 e. The first kappa shape index (κ1) is 16.7. The Kier molecular flexibility index (Phi) is 5.00. The molecule has 0 N–H and O–H groups in total. The maximum atomic E-state index is 14.6. The lowest BCUT2D eigenvalue weighted by atomic mass is 9.90. The fraction of sp³-hybridized carbons (Fsp3) is 0.400. The summed E-state index contributed by atoms with van der Waals surface area (Å²) in [6, 6.07) is 9.34. The Bertz CT molecular complexity index is 670. The largest absolute Gasteiger partial charge is 0.203 e. The van der Waals surface area contributed by atoms with Crippen LogP contribution in [0, 0.1) is 24.5 Å². The van der Waals surface area contributed by atoms with Gasteiger partial charge in [-0.05, 0) is 41.9 Å². The predicted octanol–water partition coefficient (Wildman–Crippen LogP) is 6.26. The predicted molar refractivity (Wildman–Crippen MR) is 89.2 cm³/mol. The third-order valence-electron chi connectivity index (χ3n) is 3.91. The van der Waals surface area contributed by atoms with Crippen LogP contribution >= 0.6 is 0 Å². The van der Waals surface area contributed by atoms with Gasteiger partial charge in [-0.15, -0.1) is 0 Å². The lowest BCUT2D eigenvalue weighted by Gasteiger charge is -2.16. The lowest BCUT2D eigenvalue weighted by molar-refractivity contribution is 0.496. The molecular weight excluding hydrogens is 278 g/mol. The molecule has 0 aliphatic carbocycles. The Morgan fingerprint density at radius 2 is 1.50 bits per heavy atom. The van der Waals surface area contributed by atoms with Gasteiger partial charge >= 0.3 is 0 Å². The molecule has 0 aromatic heterocycles. The topological polar surface area (TPSA) is 0 Å². The molecule has 0 saturated heterocycles. The van der Waals surface area contributed by atoms with E-state index in [-0.39, 0.29) is 5.92 Å². The summed E-state index contributed by atoms with van der Waals surface area (Å²) in [5.74, 6) is -1.02. The Balaban J connectivity index is 2.59. The van der Waals surface area contributed by atoms with Crippen molar-refractivity contribution < 1.29 is 8.78 Å².